The summed E-state index contributed by atoms with van der Waals surface area (Å²) in [5, 5.41) is 0. The van der Waals surface area contributed by atoms with Crippen LogP contribution in [0, 0.1) is 12.8 Å². The lowest BCUT2D eigenvalue weighted by atomic mass is 9.92. The normalized spacial score (nSPS) is 24.7. The van der Waals surface area contributed by atoms with E-state index in [1.807, 2.05) is 49.4 Å². The lowest BCUT2D eigenvalue weighted by molar-refractivity contribution is 0.0369. The Bertz CT molecular complexity index is 816. The summed E-state index contributed by atoms with van der Waals surface area (Å²) in [6.45, 7) is 4.90. The first-order valence-electron chi connectivity index (χ1n) is 8.32. The van der Waals surface area contributed by atoms with Crippen LogP contribution < -0.4 is 0 Å². The highest BCUT2D eigenvalue weighted by molar-refractivity contribution is 7.88. The highest BCUT2D eigenvalue weighted by Crippen LogP contribution is 2.35. The molecule has 1 aromatic carbocycles. The van der Waals surface area contributed by atoms with Gasteiger partial charge in [-0.25, -0.2) is 8.42 Å². The van der Waals surface area contributed by atoms with Crippen molar-refractivity contribution >= 4 is 10.0 Å². The standard InChI is InChI=1S/C18H22N2O3S/c1-14-7-8-17(23-14)11-19-9-16-10-20(12-18(16)19)24(21,22)13-15-5-3-2-4-6-15/h2-8,16,18H,9-13H2,1H3/t16-,18+/m0/s1. The van der Waals surface area contributed by atoms with Crippen LogP contribution in [0.2, 0.25) is 0 Å². The van der Waals surface area contributed by atoms with Gasteiger partial charge in [-0.05, 0) is 24.6 Å². The Balaban J connectivity index is 1.39. The lowest BCUT2D eigenvalue weighted by Gasteiger charge is -2.43. The molecule has 6 heteroatoms. The second-order valence-corrected chi connectivity index (χ2v) is 8.80. The van der Waals surface area contributed by atoms with Gasteiger partial charge in [0, 0.05) is 31.6 Å². The molecule has 24 heavy (non-hydrogen) atoms. The minimum Gasteiger partial charge on any atom is -0.465 e. The summed E-state index contributed by atoms with van der Waals surface area (Å²) in [5.74, 6) is 2.41. The second-order valence-electron chi connectivity index (χ2n) is 6.83. The Morgan fingerprint density at radius 2 is 1.88 bits per heavy atom. The minimum atomic E-state index is -3.25. The fourth-order valence-corrected chi connectivity index (χ4v) is 5.36. The van der Waals surface area contributed by atoms with Crippen LogP contribution in [0.25, 0.3) is 0 Å². The van der Waals surface area contributed by atoms with Crippen molar-refractivity contribution in [3.05, 3.63) is 59.5 Å². The summed E-state index contributed by atoms with van der Waals surface area (Å²) >= 11 is 0. The third-order valence-electron chi connectivity index (χ3n) is 5.05. The third-order valence-corrected chi connectivity index (χ3v) is 6.83. The molecule has 0 radical (unpaired) electrons. The molecule has 2 saturated heterocycles. The summed E-state index contributed by atoms with van der Waals surface area (Å²) in [4.78, 5) is 2.32. The van der Waals surface area contributed by atoms with Crippen LogP contribution in [0.5, 0.6) is 0 Å². The summed E-state index contributed by atoms with van der Waals surface area (Å²) < 4.78 is 32.7. The highest BCUT2D eigenvalue weighted by atomic mass is 32.2. The molecule has 2 aliphatic heterocycles. The van der Waals surface area contributed by atoms with Crippen LogP contribution in [-0.2, 0) is 22.3 Å². The quantitative estimate of drug-likeness (QED) is 0.833. The predicted molar refractivity (Wildman–Crippen MR) is 91.8 cm³/mol. The molecule has 0 aliphatic carbocycles. The highest BCUT2D eigenvalue weighted by Gasteiger charge is 2.48. The molecule has 0 spiro atoms. The van der Waals surface area contributed by atoms with E-state index >= 15 is 0 Å². The van der Waals surface area contributed by atoms with E-state index in [4.69, 9.17) is 4.42 Å². The number of furan rings is 1. The molecule has 2 atom stereocenters. The van der Waals surface area contributed by atoms with E-state index in [2.05, 4.69) is 4.90 Å². The largest absolute Gasteiger partial charge is 0.465 e. The third kappa shape index (κ3) is 3.01. The summed E-state index contributed by atoms with van der Waals surface area (Å²) in [6.07, 6.45) is 0. The number of rotatable bonds is 5. The zero-order valence-corrected chi connectivity index (χ0v) is 14.6. The van der Waals surface area contributed by atoms with E-state index in [1.54, 1.807) is 4.31 Å². The van der Waals surface area contributed by atoms with Crippen LogP contribution in [0.3, 0.4) is 0 Å². The van der Waals surface area contributed by atoms with E-state index in [0.717, 1.165) is 30.2 Å². The first-order valence-corrected chi connectivity index (χ1v) is 9.93. The maximum Gasteiger partial charge on any atom is 0.218 e. The van der Waals surface area contributed by atoms with Crippen LogP contribution in [0.4, 0.5) is 0 Å². The number of fused-ring (bicyclic) bond motifs is 1. The molecule has 0 unspecified atom stereocenters. The van der Waals surface area contributed by atoms with Crippen molar-refractivity contribution in [2.75, 3.05) is 19.6 Å². The zero-order chi connectivity index (χ0) is 16.7. The number of nitrogens with zero attached hydrogens (tertiary/aromatic N) is 2. The van der Waals surface area contributed by atoms with Crippen LogP contribution in [-0.4, -0.2) is 43.3 Å². The average molecular weight is 346 g/mol. The molecule has 2 aromatic rings. The first-order chi connectivity index (χ1) is 11.5. The molecule has 3 heterocycles. The number of hydrogen-bond donors (Lipinski definition) is 0. The second kappa shape index (κ2) is 6.02. The SMILES string of the molecule is Cc1ccc(CN2C[C@H]3CN(S(=O)(=O)Cc4ccccc4)C[C@H]32)o1. The van der Waals surface area contributed by atoms with E-state index in [9.17, 15) is 8.42 Å². The van der Waals surface area contributed by atoms with Gasteiger partial charge in [-0.2, -0.15) is 4.31 Å². The maximum atomic E-state index is 12.7. The Hall–Kier alpha value is -1.63. The lowest BCUT2D eigenvalue weighted by Crippen LogP contribution is -2.54. The zero-order valence-electron chi connectivity index (χ0n) is 13.8. The molecule has 0 saturated carbocycles. The number of sulfonamides is 1. The van der Waals surface area contributed by atoms with Crippen molar-refractivity contribution in [2.45, 2.75) is 25.3 Å². The van der Waals surface area contributed by atoms with Gasteiger partial charge < -0.3 is 4.42 Å². The van der Waals surface area contributed by atoms with Gasteiger partial charge in [-0.15, -0.1) is 0 Å². The van der Waals surface area contributed by atoms with E-state index in [0.29, 0.717) is 25.0 Å². The van der Waals surface area contributed by atoms with Gasteiger partial charge in [0.05, 0.1) is 12.3 Å². The van der Waals surface area contributed by atoms with E-state index in [1.165, 1.54) is 0 Å². The smallest absolute Gasteiger partial charge is 0.218 e. The summed E-state index contributed by atoms with van der Waals surface area (Å²) in [5.41, 5.74) is 0.847. The molecule has 1 aromatic heterocycles. The molecular formula is C18H22N2O3S. The van der Waals surface area contributed by atoms with Gasteiger partial charge in [-0.1, -0.05) is 30.3 Å². The maximum absolute atomic E-state index is 12.7. The molecule has 0 amide bonds. The van der Waals surface area contributed by atoms with Crippen molar-refractivity contribution in [3.8, 4) is 0 Å². The molecule has 0 N–H and O–H groups in total. The summed E-state index contributed by atoms with van der Waals surface area (Å²) in [6, 6.07) is 13.7. The number of aryl methyl sites for hydroxylation is 1. The van der Waals surface area contributed by atoms with Crippen molar-refractivity contribution in [1.29, 1.82) is 0 Å². The van der Waals surface area contributed by atoms with Crippen molar-refractivity contribution in [2.24, 2.45) is 5.92 Å². The molecule has 0 bridgehead atoms. The topological polar surface area (TPSA) is 53.8 Å². The number of likely N-dealkylation sites (tertiary alicyclic amines) is 1. The monoisotopic (exact) mass is 346 g/mol. The molecule has 2 fully saturated rings. The van der Waals surface area contributed by atoms with Crippen molar-refractivity contribution < 1.29 is 12.8 Å². The average Bonchev–Trinajstić information content (AvgIpc) is 3.09. The molecule has 2 aliphatic rings. The van der Waals surface area contributed by atoms with Gasteiger partial charge in [0.2, 0.25) is 10.0 Å². The Labute approximate surface area is 142 Å². The van der Waals surface area contributed by atoms with Crippen molar-refractivity contribution in [3.63, 3.8) is 0 Å². The fraction of sp³-hybridized carbons (Fsp3) is 0.444. The predicted octanol–water partition coefficient (Wildman–Crippen LogP) is 2.23. The van der Waals surface area contributed by atoms with Gasteiger partial charge in [0.15, 0.2) is 0 Å². The van der Waals surface area contributed by atoms with Crippen molar-refractivity contribution in [1.82, 2.24) is 9.21 Å². The van der Waals surface area contributed by atoms with Crippen LogP contribution in [0.15, 0.2) is 46.9 Å². The molecule has 5 nitrogen and oxygen atoms in total. The Morgan fingerprint density at radius 3 is 2.58 bits per heavy atom. The Kier molecular flexibility index (Phi) is 3.98. The van der Waals surface area contributed by atoms with Gasteiger partial charge in [0.1, 0.15) is 11.5 Å². The first kappa shape index (κ1) is 15.9. The number of benzene rings is 1. The van der Waals surface area contributed by atoms with Crippen LogP contribution >= 0.6 is 0 Å². The van der Waals surface area contributed by atoms with Crippen LogP contribution in [0.1, 0.15) is 17.1 Å². The number of hydrogen-bond acceptors (Lipinski definition) is 4. The molecule has 128 valence electrons. The van der Waals surface area contributed by atoms with Gasteiger partial charge in [-0.3, -0.25) is 4.90 Å². The molecule has 4 rings (SSSR count). The Morgan fingerprint density at radius 1 is 1.08 bits per heavy atom. The van der Waals surface area contributed by atoms with E-state index < -0.39 is 10.0 Å². The van der Waals surface area contributed by atoms with Gasteiger partial charge in [0.25, 0.3) is 0 Å². The fourth-order valence-electron chi connectivity index (χ4n) is 3.76. The van der Waals surface area contributed by atoms with Gasteiger partial charge >= 0.3 is 0 Å². The van der Waals surface area contributed by atoms with E-state index in [-0.39, 0.29) is 5.75 Å². The minimum absolute atomic E-state index is 0.0880. The summed E-state index contributed by atoms with van der Waals surface area (Å²) in [7, 11) is -3.25. The molecular weight excluding hydrogens is 324 g/mol.